The molecule has 0 bridgehead atoms. The van der Waals surface area contributed by atoms with E-state index >= 15 is 0 Å². The minimum Gasteiger partial charge on any atom is -0.348 e. The van der Waals surface area contributed by atoms with E-state index in [0.29, 0.717) is 12.1 Å². The standard InChI is InChI=1S/C26H28N2O3S/c1-2-20-11-7-9-18-25(20)28(32(30,31)22-14-4-3-5-15-22)19-26(29)27-24-17-10-13-21-12-6-8-16-23(21)24/h3-9,11-12,14-16,18,24H,2,10,13,17,19H2,1H3,(H,27,29). The summed E-state index contributed by atoms with van der Waals surface area (Å²) in [5.41, 5.74) is 3.79. The van der Waals surface area contributed by atoms with Crippen molar-refractivity contribution >= 4 is 21.6 Å². The molecule has 3 aromatic rings. The van der Waals surface area contributed by atoms with Crippen LogP contribution in [-0.4, -0.2) is 20.9 Å². The summed E-state index contributed by atoms with van der Waals surface area (Å²) >= 11 is 0. The van der Waals surface area contributed by atoms with Crippen molar-refractivity contribution in [1.82, 2.24) is 5.32 Å². The number of hydrogen-bond donors (Lipinski definition) is 1. The molecule has 1 atom stereocenters. The predicted octanol–water partition coefficient (Wildman–Crippen LogP) is 4.64. The van der Waals surface area contributed by atoms with Crippen LogP contribution < -0.4 is 9.62 Å². The van der Waals surface area contributed by atoms with Crippen LogP contribution in [0.4, 0.5) is 5.69 Å². The Morgan fingerprint density at radius 3 is 2.44 bits per heavy atom. The van der Waals surface area contributed by atoms with Crippen molar-refractivity contribution in [3.8, 4) is 0 Å². The molecule has 0 radical (unpaired) electrons. The fourth-order valence-electron chi connectivity index (χ4n) is 4.35. The van der Waals surface area contributed by atoms with E-state index in [2.05, 4.69) is 11.4 Å². The molecule has 0 spiro atoms. The molecule has 5 nitrogen and oxygen atoms in total. The van der Waals surface area contributed by atoms with Gasteiger partial charge in [0.1, 0.15) is 6.54 Å². The van der Waals surface area contributed by atoms with Crippen molar-refractivity contribution < 1.29 is 13.2 Å². The first-order valence-corrected chi connectivity index (χ1v) is 12.5. The third-order valence-electron chi connectivity index (χ3n) is 5.96. The van der Waals surface area contributed by atoms with Gasteiger partial charge in [-0.1, -0.05) is 67.6 Å². The summed E-state index contributed by atoms with van der Waals surface area (Å²) in [4.78, 5) is 13.3. The Bertz CT molecular complexity index is 1190. The van der Waals surface area contributed by atoms with Crippen LogP contribution in [-0.2, 0) is 27.7 Å². The third kappa shape index (κ3) is 4.55. The molecular formula is C26H28N2O3S. The molecule has 1 aliphatic carbocycles. The molecule has 0 saturated heterocycles. The number of rotatable bonds is 7. The quantitative estimate of drug-likeness (QED) is 0.573. The zero-order chi connectivity index (χ0) is 22.6. The first-order chi connectivity index (χ1) is 15.5. The van der Waals surface area contributed by atoms with Crippen LogP contribution in [0.5, 0.6) is 0 Å². The number of anilines is 1. The molecular weight excluding hydrogens is 420 g/mol. The summed E-state index contributed by atoms with van der Waals surface area (Å²) in [7, 11) is -3.91. The Hall–Kier alpha value is -3.12. The highest BCUT2D eigenvalue weighted by Gasteiger charge is 2.30. The lowest BCUT2D eigenvalue weighted by molar-refractivity contribution is -0.120. The van der Waals surface area contributed by atoms with Gasteiger partial charge in [-0.3, -0.25) is 9.10 Å². The van der Waals surface area contributed by atoms with Gasteiger partial charge in [-0.05, 0) is 60.6 Å². The number of hydrogen-bond acceptors (Lipinski definition) is 3. The number of aryl methyl sites for hydroxylation is 2. The SMILES string of the molecule is CCc1ccccc1N(CC(=O)NC1CCCc2ccccc21)S(=O)(=O)c1ccccc1. The molecule has 4 rings (SSSR count). The first-order valence-electron chi connectivity index (χ1n) is 11.0. The second-order valence-corrected chi connectivity index (χ2v) is 9.88. The number of benzene rings is 3. The largest absolute Gasteiger partial charge is 0.348 e. The van der Waals surface area contributed by atoms with E-state index in [4.69, 9.17) is 0 Å². The lowest BCUT2D eigenvalue weighted by atomic mass is 9.88. The van der Waals surface area contributed by atoms with Gasteiger partial charge in [0.15, 0.2) is 0 Å². The van der Waals surface area contributed by atoms with Crippen LogP contribution in [0.1, 0.15) is 42.5 Å². The average molecular weight is 449 g/mol. The number of carbonyl (C=O) groups excluding carboxylic acids is 1. The molecule has 0 heterocycles. The summed E-state index contributed by atoms with van der Waals surface area (Å²) in [5.74, 6) is -0.308. The summed E-state index contributed by atoms with van der Waals surface area (Å²) in [6.45, 7) is 1.71. The highest BCUT2D eigenvalue weighted by Crippen LogP contribution is 2.30. The van der Waals surface area contributed by atoms with Crippen LogP contribution in [0, 0.1) is 0 Å². The van der Waals surface area contributed by atoms with E-state index in [1.165, 1.54) is 9.87 Å². The van der Waals surface area contributed by atoms with Gasteiger partial charge in [0.25, 0.3) is 10.0 Å². The molecule has 1 amide bonds. The van der Waals surface area contributed by atoms with E-state index in [1.807, 2.05) is 37.3 Å². The number of nitrogens with zero attached hydrogens (tertiary/aromatic N) is 1. The van der Waals surface area contributed by atoms with Crippen molar-refractivity contribution in [2.45, 2.75) is 43.5 Å². The lowest BCUT2D eigenvalue weighted by Crippen LogP contribution is -2.42. The molecule has 0 saturated carbocycles. The maximum atomic E-state index is 13.6. The summed E-state index contributed by atoms with van der Waals surface area (Å²) in [6.07, 6.45) is 3.50. The Labute approximate surface area is 190 Å². The first kappa shape index (κ1) is 22.1. The van der Waals surface area contributed by atoms with Crippen molar-refractivity contribution in [2.75, 3.05) is 10.8 Å². The molecule has 0 aliphatic heterocycles. The van der Waals surface area contributed by atoms with E-state index < -0.39 is 10.0 Å². The van der Waals surface area contributed by atoms with Gasteiger partial charge in [0, 0.05) is 0 Å². The smallest absolute Gasteiger partial charge is 0.264 e. The van der Waals surface area contributed by atoms with Crippen LogP contribution in [0.2, 0.25) is 0 Å². The van der Waals surface area contributed by atoms with Gasteiger partial charge >= 0.3 is 0 Å². The normalized spacial score (nSPS) is 15.6. The van der Waals surface area contributed by atoms with Gasteiger partial charge in [0.05, 0.1) is 16.6 Å². The Kier molecular flexibility index (Phi) is 6.61. The van der Waals surface area contributed by atoms with Crippen molar-refractivity contribution in [2.24, 2.45) is 0 Å². The van der Waals surface area contributed by atoms with Gasteiger partial charge in [0.2, 0.25) is 5.91 Å². The van der Waals surface area contributed by atoms with Crippen LogP contribution >= 0.6 is 0 Å². The summed E-state index contributed by atoms with van der Waals surface area (Å²) in [5, 5.41) is 3.09. The Morgan fingerprint density at radius 1 is 0.969 bits per heavy atom. The Morgan fingerprint density at radius 2 is 1.66 bits per heavy atom. The van der Waals surface area contributed by atoms with Crippen molar-refractivity contribution in [3.63, 3.8) is 0 Å². The fourth-order valence-corrected chi connectivity index (χ4v) is 5.83. The molecule has 166 valence electrons. The molecule has 0 fully saturated rings. The molecule has 0 aromatic heterocycles. The highest BCUT2D eigenvalue weighted by atomic mass is 32.2. The van der Waals surface area contributed by atoms with Crippen LogP contribution in [0.25, 0.3) is 0 Å². The lowest BCUT2D eigenvalue weighted by Gasteiger charge is -2.29. The van der Waals surface area contributed by atoms with Crippen LogP contribution in [0.3, 0.4) is 0 Å². The maximum absolute atomic E-state index is 13.6. The number of amides is 1. The van der Waals surface area contributed by atoms with E-state index in [1.54, 1.807) is 42.5 Å². The Balaban J connectivity index is 1.65. The van der Waals surface area contributed by atoms with E-state index in [-0.39, 0.29) is 23.4 Å². The topological polar surface area (TPSA) is 66.5 Å². The third-order valence-corrected chi connectivity index (χ3v) is 7.74. The molecule has 1 aliphatic rings. The maximum Gasteiger partial charge on any atom is 0.264 e. The molecule has 3 aromatic carbocycles. The highest BCUT2D eigenvalue weighted by molar-refractivity contribution is 7.92. The molecule has 32 heavy (non-hydrogen) atoms. The molecule has 1 unspecified atom stereocenters. The molecule has 1 N–H and O–H groups in total. The minimum absolute atomic E-state index is 0.102. The van der Waals surface area contributed by atoms with E-state index in [9.17, 15) is 13.2 Å². The summed E-state index contributed by atoms with van der Waals surface area (Å²) in [6, 6.07) is 23.7. The van der Waals surface area contributed by atoms with Crippen molar-refractivity contribution in [1.29, 1.82) is 0 Å². The van der Waals surface area contributed by atoms with Gasteiger partial charge in [-0.2, -0.15) is 0 Å². The number of sulfonamides is 1. The minimum atomic E-state index is -3.91. The predicted molar refractivity (Wildman–Crippen MR) is 127 cm³/mol. The number of nitrogens with one attached hydrogen (secondary N) is 1. The number of para-hydroxylation sites is 1. The second-order valence-electron chi connectivity index (χ2n) is 8.02. The number of carbonyl (C=O) groups is 1. The van der Waals surface area contributed by atoms with Gasteiger partial charge in [-0.25, -0.2) is 8.42 Å². The van der Waals surface area contributed by atoms with Crippen molar-refractivity contribution in [3.05, 3.63) is 95.6 Å². The van der Waals surface area contributed by atoms with Crippen LogP contribution in [0.15, 0.2) is 83.8 Å². The zero-order valence-corrected chi connectivity index (χ0v) is 19.0. The molecule has 6 heteroatoms. The fraction of sp³-hybridized carbons (Fsp3) is 0.269. The monoisotopic (exact) mass is 448 g/mol. The second kappa shape index (κ2) is 9.57. The average Bonchev–Trinajstić information content (AvgIpc) is 2.83. The zero-order valence-electron chi connectivity index (χ0n) is 18.2. The van der Waals surface area contributed by atoms with Gasteiger partial charge in [-0.15, -0.1) is 0 Å². The summed E-state index contributed by atoms with van der Waals surface area (Å²) < 4.78 is 28.4. The number of fused-ring (bicyclic) bond motifs is 1. The van der Waals surface area contributed by atoms with E-state index in [0.717, 1.165) is 30.4 Å². The van der Waals surface area contributed by atoms with Gasteiger partial charge < -0.3 is 5.32 Å².